The highest BCUT2D eigenvalue weighted by Gasteiger charge is 2.32. The van der Waals surface area contributed by atoms with Gasteiger partial charge in [-0.1, -0.05) is 18.2 Å². The molecule has 2 N–H and O–H groups in total. The number of alkyl halides is 3. The number of rotatable bonds is 6. The van der Waals surface area contributed by atoms with Crippen LogP contribution < -0.4 is 10.0 Å². The van der Waals surface area contributed by atoms with Gasteiger partial charge in [-0.25, -0.2) is 13.1 Å². The highest BCUT2D eigenvalue weighted by Crippen LogP contribution is 2.31. The molecule has 1 aromatic carbocycles. The van der Waals surface area contributed by atoms with Gasteiger partial charge in [-0.3, -0.25) is 0 Å². The third-order valence-electron chi connectivity index (χ3n) is 2.67. The van der Waals surface area contributed by atoms with Gasteiger partial charge in [0.05, 0.1) is 11.8 Å². The Morgan fingerprint density at radius 2 is 1.71 bits per heavy atom. The Morgan fingerprint density at radius 3 is 2.24 bits per heavy atom. The number of benzene rings is 1. The van der Waals surface area contributed by atoms with Crippen molar-refractivity contribution in [1.29, 1.82) is 0 Å². The predicted molar refractivity (Wildman–Crippen MR) is 75.2 cm³/mol. The van der Waals surface area contributed by atoms with Crippen LogP contribution in [0.5, 0.6) is 0 Å². The molecule has 1 aromatic rings. The molecule has 1 rings (SSSR count). The molecular weight excluding hydrogens is 305 g/mol. The highest BCUT2D eigenvalue weighted by molar-refractivity contribution is 7.88. The quantitative estimate of drug-likeness (QED) is 0.843. The van der Waals surface area contributed by atoms with Gasteiger partial charge in [0.25, 0.3) is 0 Å². The summed E-state index contributed by atoms with van der Waals surface area (Å²) in [5, 5.41) is 2.85. The molecule has 0 aliphatic rings. The largest absolute Gasteiger partial charge is 0.416 e. The Balaban J connectivity index is 2.69. The summed E-state index contributed by atoms with van der Waals surface area (Å²) >= 11 is 0. The predicted octanol–water partition coefficient (Wildman–Crippen LogP) is 2.12. The van der Waals surface area contributed by atoms with Crippen LogP contribution in [0.25, 0.3) is 0 Å². The summed E-state index contributed by atoms with van der Waals surface area (Å²) in [6, 6.07) is 5.29. The van der Waals surface area contributed by atoms with Crippen LogP contribution in [0.3, 0.4) is 0 Å². The van der Waals surface area contributed by atoms with E-state index in [1.54, 1.807) is 13.8 Å². The van der Waals surface area contributed by atoms with Gasteiger partial charge in [-0.15, -0.1) is 0 Å². The van der Waals surface area contributed by atoms with Crippen LogP contribution in [0.2, 0.25) is 0 Å². The molecule has 120 valence electrons. The first-order chi connectivity index (χ1) is 9.41. The van der Waals surface area contributed by atoms with Gasteiger partial charge in [0.2, 0.25) is 10.0 Å². The Hall–Kier alpha value is -1.12. The van der Waals surface area contributed by atoms with Crippen molar-refractivity contribution in [3.8, 4) is 0 Å². The zero-order chi connectivity index (χ0) is 16.3. The SMILES string of the molecule is CC(C)(CNCc1ccccc1C(F)(F)F)NS(C)(=O)=O. The number of sulfonamides is 1. The summed E-state index contributed by atoms with van der Waals surface area (Å²) in [6.45, 7) is 3.50. The number of halogens is 3. The van der Waals surface area contributed by atoms with Gasteiger partial charge in [-0.05, 0) is 25.5 Å². The van der Waals surface area contributed by atoms with E-state index >= 15 is 0 Å². The van der Waals surface area contributed by atoms with Gasteiger partial charge in [-0.2, -0.15) is 13.2 Å². The van der Waals surface area contributed by atoms with E-state index in [0.29, 0.717) is 0 Å². The van der Waals surface area contributed by atoms with Gasteiger partial charge < -0.3 is 5.32 Å². The lowest BCUT2D eigenvalue weighted by Gasteiger charge is -2.25. The lowest BCUT2D eigenvalue weighted by molar-refractivity contribution is -0.138. The average Bonchev–Trinajstić information content (AvgIpc) is 2.24. The van der Waals surface area contributed by atoms with E-state index in [2.05, 4.69) is 10.0 Å². The summed E-state index contributed by atoms with van der Waals surface area (Å²) in [5.74, 6) is 0. The summed E-state index contributed by atoms with van der Waals surface area (Å²) in [6.07, 6.45) is -3.37. The van der Waals surface area contributed by atoms with E-state index in [0.717, 1.165) is 12.3 Å². The first kappa shape index (κ1) is 17.9. The zero-order valence-corrected chi connectivity index (χ0v) is 12.9. The molecule has 0 fully saturated rings. The van der Waals surface area contributed by atoms with E-state index in [1.165, 1.54) is 18.2 Å². The molecule has 8 heteroatoms. The highest BCUT2D eigenvalue weighted by atomic mass is 32.2. The van der Waals surface area contributed by atoms with Crippen LogP contribution in [0.4, 0.5) is 13.2 Å². The molecule has 0 aliphatic carbocycles. The summed E-state index contributed by atoms with van der Waals surface area (Å²) in [7, 11) is -3.38. The van der Waals surface area contributed by atoms with Crippen molar-refractivity contribution < 1.29 is 21.6 Å². The molecule has 4 nitrogen and oxygen atoms in total. The van der Waals surface area contributed by atoms with Crippen LogP contribution in [-0.4, -0.2) is 26.8 Å². The zero-order valence-electron chi connectivity index (χ0n) is 12.1. The first-order valence-corrected chi connectivity index (χ1v) is 8.15. The lowest BCUT2D eigenvalue weighted by Crippen LogP contribution is -2.49. The average molecular weight is 324 g/mol. The van der Waals surface area contributed by atoms with Crippen LogP contribution in [-0.2, 0) is 22.7 Å². The first-order valence-electron chi connectivity index (χ1n) is 6.25. The van der Waals surface area contributed by atoms with Gasteiger partial charge in [0.1, 0.15) is 0 Å². The van der Waals surface area contributed by atoms with Gasteiger partial charge >= 0.3 is 6.18 Å². The minimum absolute atomic E-state index is 0.00452. The molecule has 0 saturated carbocycles. The van der Waals surface area contributed by atoms with Crippen molar-refractivity contribution in [2.75, 3.05) is 12.8 Å². The fraction of sp³-hybridized carbons (Fsp3) is 0.538. The second kappa shape index (κ2) is 6.33. The molecule has 0 heterocycles. The maximum absolute atomic E-state index is 12.8. The van der Waals surface area contributed by atoms with Crippen LogP contribution in [0, 0.1) is 0 Å². The van der Waals surface area contributed by atoms with Crippen LogP contribution in [0.15, 0.2) is 24.3 Å². The molecule has 0 bridgehead atoms. The van der Waals surface area contributed by atoms with Crippen molar-refractivity contribution in [2.45, 2.75) is 32.1 Å². The second-order valence-electron chi connectivity index (χ2n) is 5.52. The fourth-order valence-corrected chi connectivity index (χ4v) is 3.07. The summed E-state index contributed by atoms with van der Waals surface area (Å²) in [5.41, 5.74) is -1.35. The van der Waals surface area contributed by atoms with Crippen molar-refractivity contribution >= 4 is 10.0 Å². The Labute approximate surface area is 122 Å². The fourth-order valence-electron chi connectivity index (χ4n) is 2.00. The van der Waals surface area contributed by atoms with Crippen LogP contribution in [0.1, 0.15) is 25.0 Å². The Morgan fingerprint density at radius 1 is 1.14 bits per heavy atom. The minimum Gasteiger partial charge on any atom is -0.311 e. The third-order valence-corrected chi connectivity index (χ3v) is 3.59. The third kappa shape index (κ3) is 6.45. The Kier molecular flexibility index (Phi) is 5.40. The van der Waals surface area contributed by atoms with Crippen molar-refractivity contribution in [1.82, 2.24) is 10.0 Å². The van der Waals surface area contributed by atoms with Crippen molar-refractivity contribution in [2.24, 2.45) is 0 Å². The van der Waals surface area contributed by atoms with Crippen molar-refractivity contribution in [3.05, 3.63) is 35.4 Å². The summed E-state index contributed by atoms with van der Waals surface area (Å²) in [4.78, 5) is 0. The second-order valence-corrected chi connectivity index (χ2v) is 7.27. The van der Waals surface area contributed by atoms with E-state index in [9.17, 15) is 21.6 Å². The topological polar surface area (TPSA) is 58.2 Å². The number of nitrogens with one attached hydrogen (secondary N) is 2. The monoisotopic (exact) mass is 324 g/mol. The van der Waals surface area contributed by atoms with Gasteiger partial charge in [0, 0.05) is 18.6 Å². The molecular formula is C13H19F3N2O2S. The molecule has 0 spiro atoms. The lowest BCUT2D eigenvalue weighted by atomic mass is 10.1. The molecule has 0 atom stereocenters. The van der Waals surface area contributed by atoms with Crippen LogP contribution >= 0.6 is 0 Å². The molecule has 0 aliphatic heterocycles. The smallest absolute Gasteiger partial charge is 0.311 e. The van der Waals surface area contributed by atoms with E-state index in [4.69, 9.17) is 0 Å². The Bertz CT molecular complexity index is 583. The molecule has 0 saturated heterocycles. The molecule has 0 radical (unpaired) electrons. The van der Waals surface area contributed by atoms with E-state index in [-0.39, 0.29) is 18.7 Å². The van der Waals surface area contributed by atoms with E-state index < -0.39 is 27.3 Å². The van der Waals surface area contributed by atoms with Gasteiger partial charge in [0.15, 0.2) is 0 Å². The standard InChI is InChI=1S/C13H19F3N2O2S/c1-12(2,18-21(3,19)20)9-17-8-10-6-4-5-7-11(10)13(14,15)16/h4-7,17-18H,8-9H2,1-3H3. The number of hydrogen-bond donors (Lipinski definition) is 2. The molecule has 0 unspecified atom stereocenters. The molecule has 21 heavy (non-hydrogen) atoms. The maximum Gasteiger partial charge on any atom is 0.416 e. The van der Waals surface area contributed by atoms with Crippen molar-refractivity contribution in [3.63, 3.8) is 0 Å². The van der Waals surface area contributed by atoms with E-state index in [1.807, 2.05) is 0 Å². The molecule has 0 aromatic heterocycles. The maximum atomic E-state index is 12.8. The number of hydrogen-bond acceptors (Lipinski definition) is 3. The minimum atomic E-state index is -4.40. The molecule has 0 amide bonds. The normalized spacial score (nSPS) is 13.4. The summed E-state index contributed by atoms with van der Waals surface area (Å²) < 4.78 is 63.2.